The molecule has 2 N–H and O–H groups in total. The van der Waals surface area contributed by atoms with Crippen molar-refractivity contribution >= 4 is 0 Å². The fourth-order valence-corrected chi connectivity index (χ4v) is 2.57. The molecule has 0 amide bonds. The highest BCUT2D eigenvalue weighted by molar-refractivity contribution is 5.02. The first-order chi connectivity index (χ1) is 6.24. The van der Waals surface area contributed by atoms with Crippen LogP contribution < -0.4 is 5.32 Å². The van der Waals surface area contributed by atoms with Crippen molar-refractivity contribution < 1.29 is 9.50 Å². The summed E-state index contributed by atoms with van der Waals surface area (Å²) in [6.45, 7) is -0.220. The molecule has 0 heterocycles. The van der Waals surface area contributed by atoms with Crippen LogP contribution in [-0.2, 0) is 0 Å². The van der Waals surface area contributed by atoms with Crippen LogP contribution >= 0.6 is 0 Å². The Labute approximate surface area is 78.5 Å². The van der Waals surface area contributed by atoms with Crippen molar-refractivity contribution in [1.82, 2.24) is 5.32 Å². The van der Waals surface area contributed by atoms with Gasteiger partial charge >= 0.3 is 0 Å². The van der Waals surface area contributed by atoms with Crippen molar-refractivity contribution in [1.29, 1.82) is 0 Å². The van der Waals surface area contributed by atoms with E-state index >= 15 is 0 Å². The Hall–Kier alpha value is -0.150. The van der Waals surface area contributed by atoms with Gasteiger partial charge in [0.2, 0.25) is 0 Å². The largest absolute Gasteiger partial charge is 0.389 e. The molecule has 2 aliphatic rings. The summed E-state index contributed by atoms with van der Waals surface area (Å²) in [5.74, 6) is 0. The molecule has 2 aliphatic carbocycles. The molecular weight excluding hydrogens is 169 g/mol. The summed E-state index contributed by atoms with van der Waals surface area (Å²) in [6, 6.07) is 0.543. The first kappa shape index (κ1) is 9.41. The van der Waals surface area contributed by atoms with Crippen LogP contribution in [0.2, 0.25) is 0 Å². The average Bonchev–Trinajstić information content (AvgIpc) is 1.98. The monoisotopic (exact) mass is 187 g/mol. The van der Waals surface area contributed by atoms with Gasteiger partial charge in [0.1, 0.15) is 6.67 Å². The second kappa shape index (κ2) is 3.54. The third-order valence-electron chi connectivity index (χ3n) is 3.59. The van der Waals surface area contributed by atoms with Crippen molar-refractivity contribution in [2.45, 2.75) is 44.2 Å². The Morgan fingerprint density at radius 2 is 2.15 bits per heavy atom. The van der Waals surface area contributed by atoms with E-state index in [4.69, 9.17) is 5.11 Å². The van der Waals surface area contributed by atoms with E-state index in [2.05, 4.69) is 5.32 Å². The molecule has 0 aromatic rings. The fourth-order valence-electron chi connectivity index (χ4n) is 2.57. The maximum absolute atomic E-state index is 11.9. The molecular formula is C10H18FNO. The zero-order chi connectivity index (χ0) is 9.31. The predicted molar refractivity (Wildman–Crippen MR) is 49.3 cm³/mol. The summed E-state index contributed by atoms with van der Waals surface area (Å²) < 4.78 is 11.9. The van der Waals surface area contributed by atoms with E-state index in [1.807, 2.05) is 0 Å². The molecule has 0 aliphatic heterocycles. The molecule has 0 radical (unpaired) electrons. The van der Waals surface area contributed by atoms with Crippen molar-refractivity contribution in [3.8, 4) is 0 Å². The second-order valence-corrected chi connectivity index (χ2v) is 4.68. The lowest BCUT2D eigenvalue weighted by Crippen LogP contribution is -2.53. The average molecular weight is 187 g/mol. The highest BCUT2D eigenvalue weighted by Gasteiger charge is 2.47. The van der Waals surface area contributed by atoms with Gasteiger partial charge in [0, 0.05) is 12.6 Å². The molecule has 0 saturated heterocycles. The number of halogens is 1. The van der Waals surface area contributed by atoms with Gasteiger partial charge in [0.05, 0.1) is 6.10 Å². The van der Waals surface area contributed by atoms with E-state index in [1.54, 1.807) is 0 Å². The van der Waals surface area contributed by atoms with Crippen molar-refractivity contribution in [3.05, 3.63) is 0 Å². The zero-order valence-electron chi connectivity index (χ0n) is 7.93. The molecule has 0 aromatic heterocycles. The van der Waals surface area contributed by atoms with Crippen LogP contribution in [0.15, 0.2) is 0 Å². The molecule has 0 bridgehead atoms. The van der Waals surface area contributed by atoms with Crippen molar-refractivity contribution in [3.63, 3.8) is 0 Å². The Morgan fingerprint density at radius 1 is 1.46 bits per heavy atom. The summed E-state index contributed by atoms with van der Waals surface area (Å²) in [5, 5.41) is 12.2. The Kier molecular flexibility index (Phi) is 2.56. The lowest BCUT2D eigenvalue weighted by Gasteiger charge is -2.54. The van der Waals surface area contributed by atoms with Gasteiger partial charge in [-0.25, -0.2) is 4.39 Å². The first-order valence-electron chi connectivity index (χ1n) is 5.21. The minimum absolute atomic E-state index is 0.414. The summed E-state index contributed by atoms with van der Waals surface area (Å²) >= 11 is 0. The van der Waals surface area contributed by atoms with Crippen LogP contribution in [0, 0.1) is 5.41 Å². The van der Waals surface area contributed by atoms with Crippen molar-refractivity contribution in [2.24, 2.45) is 5.41 Å². The minimum atomic E-state index is -0.807. The van der Waals surface area contributed by atoms with Gasteiger partial charge in [0.15, 0.2) is 0 Å². The summed E-state index contributed by atoms with van der Waals surface area (Å²) in [6.07, 6.45) is 5.84. The SMILES string of the molecule is OC(CF)CNC1CC2(CCC2)C1. The lowest BCUT2D eigenvalue weighted by molar-refractivity contribution is -0.00695. The van der Waals surface area contributed by atoms with Gasteiger partial charge in [-0.1, -0.05) is 6.42 Å². The van der Waals surface area contributed by atoms with Crippen LogP contribution in [0.25, 0.3) is 0 Å². The molecule has 1 unspecified atom stereocenters. The number of hydrogen-bond acceptors (Lipinski definition) is 2. The molecule has 1 atom stereocenters. The number of nitrogens with one attached hydrogen (secondary N) is 1. The fraction of sp³-hybridized carbons (Fsp3) is 1.00. The lowest BCUT2D eigenvalue weighted by atomic mass is 9.54. The highest BCUT2D eigenvalue weighted by atomic mass is 19.1. The van der Waals surface area contributed by atoms with Crippen LogP contribution in [-0.4, -0.2) is 30.5 Å². The summed E-state index contributed by atoms with van der Waals surface area (Å²) in [4.78, 5) is 0. The molecule has 2 nitrogen and oxygen atoms in total. The van der Waals surface area contributed by atoms with Gasteiger partial charge in [-0.05, 0) is 31.1 Å². The second-order valence-electron chi connectivity index (χ2n) is 4.68. The number of rotatable bonds is 4. The van der Waals surface area contributed by atoms with Gasteiger partial charge < -0.3 is 10.4 Å². The molecule has 2 fully saturated rings. The quantitative estimate of drug-likeness (QED) is 0.694. The van der Waals surface area contributed by atoms with Gasteiger partial charge in [-0.15, -0.1) is 0 Å². The molecule has 3 heteroatoms. The smallest absolute Gasteiger partial charge is 0.117 e. The third kappa shape index (κ3) is 1.86. The molecule has 13 heavy (non-hydrogen) atoms. The highest BCUT2D eigenvalue weighted by Crippen LogP contribution is 2.55. The zero-order valence-corrected chi connectivity index (χ0v) is 7.93. The molecule has 2 saturated carbocycles. The summed E-state index contributed by atoms with van der Waals surface area (Å²) in [5.41, 5.74) is 0.665. The van der Waals surface area contributed by atoms with Crippen molar-refractivity contribution in [2.75, 3.05) is 13.2 Å². The van der Waals surface area contributed by atoms with Gasteiger partial charge in [0.25, 0.3) is 0 Å². The first-order valence-corrected chi connectivity index (χ1v) is 5.21. The van der Waals surface area contributed by atoms with E-state index in [0.29, 0.717) is 18.0 Å². The van der Waals surface area contributed by atoms with Crippen LogP contribution in [0.1, 0.15) is 32.1 Å². The Bertz CT molecular complexity index is 174. The molecule has 0 aromatic carbocycles. The van der Waals surface area contributed by atoms with E-state index < -0.39 is 12.8 Å². The molecule has 2 rings (SSSR count). The van der Waals surface area contributed by atoms with Gasteiger partial charge in [-0.3, -0.25) is 0 Å². The topological polar surface area (TPSA) is 32.3 Å². The van der Waals surface area contributed by atoms with Gasteiger partial charge in [-0.2, -0.15) is 0 Å². The number of hydrogen-bond donors (Lipinski definition) is 2. The minimum Gasteiger partial charge on any atom is -0.389 e. The third-order valence-corrected chi connectivity index (χ3v) is 3.59. The Morgan fingerprint density at radius 3 is 2.62 bits per heavy atom. The normalized spacial score (nSPS) is 28.2. The maximum Gasteiger partial charge on any atom is 0.117 e. The van der Waals surface area contributed by atoms with E-state index in [1.165, 1.54) is 32.1 Å². The summed E-state index contributed by atoms with van der Waals surface area (Å²) in [7, 11) is 0. The number of alkyl halides is 1. The number of aliphatic hydroxyl groups is 1. The molecule has 1 spiro atoms. The number of aliphatic hydroxyl groups excluding tert-OH is 1. The van der Waals surface area contributed by atoms with E-state index in [-0.39, 0.29) is 0 Å². The van der Waals surface area contributed by atoms with E-state index in [0.717, 1.165) is 0 Å². The standard InChI is InChI=1S/C10H18FNO/c11-6-9(13)7-12-8-4-10(5-8)2-1-3-10/h8-9,12-13H,1-7H2. The maximum atomic E-state index is 11.9. The van der Waals surface area contributed by atoms with E-state index in [9.17, 15) is 4.39 Å². The predicted octanol–water partition coefficient (Wildman–Crippen LogP) is 1.24. The van der Waals surface area contributed by atoms with Crippen LogP contribution in [0.3, 0.4) is 0 Å². The van der Waals surface area contributed by atoms with Crippen LogP contribution in [0.5, 0.6) is 0 Å². The molecule has 76 valence electrons. The Balaban J connectivity index is 1.59. The van der Waals surface area contributed by atoms with Crippen LogP contribution in [0.4, 0.5) is 4.39 Å².